The van der Waals surface area contributed by atoms with Gasteiger partial charge in [0.1, 0.15) is 0 Å². The number of rotatable bonds is 4. The van der Waals surface area contributed by atoms with Crippen molar-refractivity contribution < 1.29 is 18.3 Å². The van der Waals surface area contributed by atoms with Gasteiger partial charge in [0.25, 0.3) is 0 Å². The van der Waals surface area contributed by atoms with Crippen LogP contribution < -0.4 is 0 Å². The second-order valence-corrected chi connectivity index (χ2v) is 5.26. The first kappa shape index (κ1) is 10.7. The van der Waals surface area contributed by atoms with E-state index in [0.29, 0.717) is 0 Å². The lowest BCUT2D eigenvalue weighted by molar-refractivity contribution is -0.137. The zero-order valence-electron chi connectivity index (χ0n) is 5.95. The van der Waals surface area contributed by atoms with E-state index in [1.54, 1.807) is 0 Å². The summed E-state index contributed by atoms with van der Waals surface area (Å²) in [6.45, 7) is 1.38. The van der Waals surface area contributed by atoms with Crippen LogP contribution in [0.1, 0.15) is 19.8 Å². The fourth-order valence-electron chi connectivity index (χ4n) is 0.468. The van der Waals surface area contributed by atoms with Crippen LogP contribution in [0.4, 0.5) is 0 Å². The van der Waals surface area contributed by atoms with Crippen molar-refractivity contribution in [2.24, 2.45) is 0 Å². The van der Waals surface area contributed by atoms with Crippen LogP contribution in [-0.4, -0.2) is 24.7 Å². The molecule has 11 heavy (non-hydrogen) atoms. The summed E-state index contributed by atoms with van der Waals surface area (Å²) in [5.41, 5.74) is 0. The summed E-state index contributed by atoms with van der Waals surface area (Å²) in [4.78, 5) is 9.99. The van der Waals surface area contributed by atoms with E-state index in [9.17, 15) is 13.2 Å². The molecule has 1 atom stereocenters. The predicted molar refractivity (Wildman–Crippen MR) is 41.1 cm³/mol. The largest absolute Gasteiger partial charge is 0.481 e. The quantitative estimate of drug-likeness (QED) is 0.682. The molecule has 0 fully saturated rings. The van der Waals surface area contributed by atoms with Crippen molar-refractivity contribution in [3.8, 4) is 0 Å². The number of carbonyl (C=O) groups is 1. The molecule has 0 aliphatic carbocycles. The molecule has 0 aromatic rings. The molecular weight excluding hydrogens is 192 g/mol. The van der Waals surface area contributed by atoms with Gasteiger partial charge < -0.3 is 5.11 Å². The fourth-order valence-corrected chi connectivity index (χ4v) is 1.13. The summed E-state index contributed by atoms with van der Waals surface area (Å²) in [7, 11) is 1.36. The van der Waals surface area contributed by atoms with E-state index < -0.39 is 20.3 Å². The van der Waals surface area contributed by atoms with Crippen molar-refractivity contribution in [2.75, 3.05) is 0 Å². The third-order valence-electron chi connectivity index (χ3n) is 1.25. The first-order valence-corrected chi connectivity index (χ1v) is 5.36. The van der Waals surface area contributed by atoms with Crippen molar-refractivity contribution in [2.45, 2.75) is 25.0 Å². The Hall–Kier alpha value is -0.290. The van der Waals surface area contributed by atoms with E-state index in [-0.39, 0.29) is 12.8 Å². The molecule has 0 aromatic carbocycles. The average Bonchev–Trinajstić information content (AvgIpc) is 1.80. The Labute approximate surface area is 69.6 Å². The van der Waals surface area contributed by atoms with E-state index in [4.69, 9.17) is 15.8 Å². The summed E-state index contributed by atoms with van der Waals surface area (Å²) in [6.07, 6.45) is -0.117. The number of carboxylic acids is 1. The summed E-state index contributed by atoms with van der Waals surface area (Å²) in [5.74, 6) is -1.02. The number of aliphatic carboxylic acids is 1. The summed E-state index contributed by atoms with van der Waals surface area (Å²) in [5, 5.41) is 7.40. The Morgan fingerprint density at radius 1 is 1.64 bits per heavy atom. The maximum atomic E-state index is 10.5. The Balaban J connectivity index is 3.90. The van der Waals surface area contributed by atoms with Gasteiger partial charge >= 0.3 is 5.97 Å². The smallest absolute Gasteiger partial charge is 0.303 e. The van der Waals surface area contributed by atoms with Gasteiger partial charge in [-0.25, -0.2) is 8.42 Å². The molecule has 4 nitrogen and oxygen atoms in total. The Morgan fingerprint density at radius 3 is 2.36 bits per heavy atom. The van der Waals surface area contributed by atoms with Crippen molar-refractivity contribution in [1.82, 2.24) is 0 Å². The molecular formula is C5H9ClO4S. The third kappa shape index (κ3) is 5.03. The van der Waals surface area contributed by atoms with E-state index in [0.717, 1.165) is 0 Å². The highest BCUT2D eigenvalue weighted by Crippen LogP contribution is 2.11. The zero-order valence-corrected chi connectivity index (χ0v) is 7.52. The Morgan fingerprint density at radius 2 is 2.09 bits per heavy atom. The van der Waals surface area contributed by atoms with Crippen molar-refractivity contribution in [1.29, 1.82) is 0 Å². The Bertz CT molecular complexity index is 233. The second kappa shape index (κ2) is 3.92. The van der Waals surface area contributed by atoms with E-state index in [2.05, 4.69) is 0 Å². The Kier molecular flexibility index (Phi) is 3.82. The monoisotopic (exact) mass is 200 g/mol. The van der Waals surface area contributed by atoms with E-state index >= 15 is 0 Å². The van der Waals surface area contributed by atoms with Crippen LogP contribution in [0.3, 0.4) is 0 Å². The topological polar surface area (TPSA) is 71.4 Å². The van der Waals surface area contributed by atoms with Gasteiger partial charge in [-0.2, -0.15) is 0 Å². The van der Waals surface area contributed by atoms with Gasteiger partial charge in [0.2, 0.25) is 9.05 Å². The van der Waals surface area contributed by atoms with Gasteiger partial charge in [0, 0.05) is 17.1 Å². The molecule has 0 amide bonds. The molecule has 0 aliphatic heterocycles. The molecule has 0 aliphatic rings. The molecule has 0 saturated heterocycles. The molecule has 0 bridgehead atoms. The van der Waals surface area contributed by atoms with Crippen LogP contribution in [0.2, 0.25) is 0 Å². The average molecular weight is 201 g/mol. The van der Waals surface area contributed by atoms with Gasteiger partial charge in [-0.15, -0.1) is 0 Å². The van der Waals surface area contributed by atoms with Gasteiger partial charge in [-0.05, 0) is 13.3 Å². The van der Waals surface area contributed by atoms with Crippen molar-refractivity contribution >= 4 is 25.7 Å². The van der Waals surface area contributed by atoms with Crippen LogP contribution in [0, 0.1) is 0 Å². The van der Waals surface area contributed by atoms with Crippen molar-refractivity contribution in [3.05, 3.63) is 0 Å². The lowest BCUT2D eigenvalue weighted by atomic mass is 10.2. The summed E-state index contributed by atoms with van der Waals surface area (Å²) >= 11 is 0. The van der Waals surface area contributed by atoms with Crippen LogP contribution in [0.15, 0.2) is 0 Å². The highest BCUT2D eigenvalue weighted by atomic mass is 35.7. The minimum Gasteiger partial charge on any atom is -0.481 e. The highest BCUT2D eigenvalue weighted by molar-refractivity contribution is 8.14. The third-order valence-corrected chi connectivity index (χ3v) is 3.35. The molecule has 0 rings (SSSR count). The minimum atomic E-state index is -3.59. The molecule has 0 saturated carbocycles. The molecule has 0 radical (unpaired) electrons. The molecule has 0 heterocycles. The number of halogens is 1. The normalized spacial score (nSPS) is 14.4. The van der Waals surface area contributed by atoms with Crippen LogP contribution in [-0.2, 0) is 13.8 Å². The second-order valence-electron chi connectivity index (χ2n) is 2.22. The lowest BCUT2D eigenvalue weighted by Gasteiger charge is -2.03. The van der Waals surface area contributed by atoms with Gasteiger partial charge in [0.15, 0.2) is 0 Å². The maximum absolute atomic E-state index is 10.5. The van der Waals surface area contributed by atoms with Gasteiger partial charge in [-0.1, -0.05) is 0 Å². The van der Waals surface area contributed by atoms with E-state index in [1.165, 1.54) is 6.92 Å². The fraction of sp³-hybridized carbons (Fsp3) is 0.800. The molecule has 6 heteroatoms. The van der Waals surface area contributed by atoms with Gasteiger partial charge in [-0.3, -0.25) is 4.79 Å². The summed E-state index contributed by atoms with van der Waals surface area (Å²) in [6, 6.07) is 0. The molecule has 66 valence electrons. The lowest BCUT2D eigenvalue weighted by Crippen LogP contribution is -2.13. The van der Waals surface area contributed by atoms with Crippen molar-refractivity contribution in [3.63, 3.8) is 0 Å². The first-order valence-electron chi connectivity index (χ1n) is 2.99. The standard InChI is InChI=1S/C5H9ClO4S/c1-4(11(6,9)10)2-3-5(7)8/h4H,2-3H2,1H3,(H,7,8). The SMILES string of the molecule is CC(CCC(=O)O)S(=O)(=O)Cl. The van der Waals surface area contributed by atoms with Crippen LogP contribution in [0.5, 0.6) is 0 Å². The van der Waals surface area contributed by atoms with Crippen LogP contribution >= 0.6 is 10.7 Å². The molecule has 0 spiro atoms. The van der Waals surface area contributed by atoms with Crippen LogP contribution in [0.25, 0.3) is 0 Å². The first-order chi connectivity index (χ1) is 4.84. The van der Waals surface area contributed by atoms with Gasteiger partial charge in [0.05, 0.1) is 5.25 Å². The molecule has 1 N–H and O–H groups in total. The number of hydrogen-bond acceptors (Lipinski definition) is 3. The molecule has 1 unspecified atom stereocenters. The molecule has 0 aromatic heterocycles. The predicted octanol–water partition coefficient (Wildman–Crippen LogP) is 0.808. The maximum Gasteiger partial charge on any atom is 0.303 e. The number of hydrogen-bond donors (Lipinski definition) is 1. The minimum absolute atomic E-state index is 0.0567. The highest BCUT2D eigenvalue weighted by Gasteiger charge is 2.17. The number of carboxylic acid groups (broad SMARTS) is 1. The van der Waals surface area contributed by atoms with E-state index in [1.807, 2.05) is 0 Å². The summed E-state index contributed by atoms with van der Waals surface area (Å²) < 4.78 is 21.0. The zero-order chi connectivity index (χ0) is 9.07.